The molecule has 0 amide bonds. The fraction of sp³-hybridized carbons (Fsp3) is 0.0909. The number of hydrogen-bond donors (Lipinski definition) is 1. The van der Waals surface area contributed by atoms with Crippen molar-refractivity contribution < 1.29 is 26.3 Å². The highest BCUT2D eigenvalue weighted by atomic mass is 19.4. The number of rotatable bonds is 1. The van der Waals surface area contributed by atoms with E-state index in [0.717, 1.165) is 0 Å². The second kappa shape index (κ2) is 4.66. The minimum absolute atomic E-state index is 0.445. The highest BCUT2D eigenvalue weighted by Crippen LogP contribution is 2.27. The third kappa shape index (κ3) is 2.65. The first-order chi connectivity index (χ1) is 9.18. The largest absolute Gasteiger partial charge is 0.449 e. The van der Waals surface area contributed by atoms with Gasteiger partial charge in [0.1, 0.15) is 0 Å². The Balaban J connectivity index is 2.65. The van der Waals surface area contributed by atoms with E-state index in [4.69, 9.17) is 0 Å². The van der Waals surface area contributed by atoms with Crippen LogP contribution in [-0.2, 0) is 6.18 Å². The SMILES string of the molecule is O=c1cc(-c2cc(F)c(F)c(F)c2)nc(C(F)(F)F)[nH]1. The average molecular weight is 294 g/mol. The lowest BCUT2D eigenvalue weighted by molar-refractivity contribution is -0.145. The molecule has 0 fully saturated rings. The van der Waals surface area contributed by atoms with Crippen molar-refractivity contribution in [1.82, 2.24) is 9.97 Å². The number of hydrogen-bond acceptors (Lipinski definition) is 2. The second-order valence-corrected chi connectivity index (χ2v) is 3.73. The average Bonchev–Trinajstić information content (AvgIpc) is 2.33. The van der Waals surface area contributed by atoms with Crippen LogP contribution in [0.2, 0.25) is 0 Å². The molecular weight excluding hydrogens is 290 g/mol. The molecule has 3 nitrogen and oxygen atoms in total. The molecule has 0 saturated heterocycles. The van der Waals surface area contributed by atoms with Crippen molar-refractivity contribution in [2.75, 3.05) is 0 Å². The second-order valence-electron chi connectivity index (χ2n) is 3.73. The molecular formula is C11H4F6N2O. The van der Waals surface area contributed by atoms with Gasteiger partial charge in [-0.3, -0.25) is 4.79 Å². The van der Waals surface area contributed by atoms with Crippen LogP contribution in [0.4, 0.5) is 26.3 Å². The quantitative estimate of drug-likeness (QED) is 0.649. The molecule has 1 aromatic heterocycles. The molecule has 0 saturated carbocycles. The number of aromatic nitrogens is 2. The Morgan fingerprint density at radius 1 is 1.00 bits per heavy atom. The zero-order valence-corrected chi connectivity index (χ0v) is 9.36. The molecule has 0 spiro atoms. The number of aromatic amines is 1. The van der Waals surface area contributed by atoms with Gasteiger partial charge in [-0.1, -0.05) is 0 Å². The van der Waals surface area contributed by atoms with Crippen molar-refractivity contribution in [2.24, 2.45) is 0 Å². The maximum Gasteiger partial charge on any atom is 0.449 e. The minimum Gasteiger partial charge on any atom is -0.303 e. The van der Waals surface area contributed by atoms with Crippen molar-refractivity contribution in [3.05, 3.63) is 51.8 Å². The topological polar surface area (TPSA) is 45.8 Å². The third-order valence-electron chi connectivity index (χ3n) is 2.29. The van der Waals surface area contributed by atoms with E-state index in [1.165, 1.54) is 4.98 Å². The van der Waals surface area contributed by atoms with Gasteiger partial charge >= 0.3 is 6.18 Å². The summed E-state index contributed by atoms with van der Waals surface area (Å²) in [6.07, 6.45) is -4.94. The smallest absolute Gasteiger partial charge is 0.303 e. The summed E-state index contributed by atoms with van der Waals surface area (Å²) in [6, 6.07) is 1.50. The first kappa shape index (κ1) is 14.1. The van der Waals surface area contributed by atoms with E-state index in [0.29, 0.717) is 18.2 Å². The highest BCUT2D eigenvalue weighted by molar-refractivity contribution is 5.58. The van der Waals surface area contributed by atoms with E-state index in [1.54, 1.807) is 0 Å². The number of halogens is 6. The van der Waals surface area contributed by atoms with E-state index in [2.05, 4.69) is 4.98 Å². The Hall–Kier alpha value is -2.32. The summed E-state index contributed by atoms with van der Waals surface area (Å²) in [5.41, 5.74) is -2.27. The summed E-state index contributed by atoms with van der Waals surface area (Å²) in [5, 5.41) is 0. The first-order valence-corrected chi connectivity index (χ1v) is 5.02. The molecule has 1 N–H and O–H groups in total. The monoisotopic (exact) mass is 294 g/mol. The Morgan fingerprint density at radius 2 is 1.55 bits per heavy atom. The van der Waals surface area contributed by atoms with Gasteiger partial charge in [-0.15, -0.1) is 0 Å². The lowest BCUT2D eigenvalue weighted by atomic mass is 10.1. The van der Waals surface area contributed by atoms with Crippen LogP contribution in [0.25, 0.3) is 11.3 Å². The molecule has 1 heterocycles. The predicted molar refractivity (Wildman–Crippen MR) is 55.2 cm³/mol. The molecule has 0 unspecified atom stereocenters. The summed E-state index contributed by atoms with van der Waals surface area (Å²) in [4.78, 5) is 15.6. The third-order valence-corrected chi connectivity index (χ3v) is 2.29. The summed E-state index contributed by atoms with van der Waals surface area (Å²) in [6.45, 7) is 0. The van der Waals surface area contributed by atoms with Gasteiger partial charge in [0.15, 0.2) is 17.5 Å². The van der Waals surface area contributed by atoms with E-state index in [9.17, 15) is 31.1 Å². The number of benzene rings is 1. The fourth-order valence-corrected chi connectivity index (χ4v) is 1.44. The van der Waals surface area contributed by atoms with Crippen LogP contribution < -0.4 is 5.56 Å². The van der Waals surface area contributed by atoms with E-state index in [-0.39, 0.29) is 0 Å². The number of H-pyrrole nitrogens is 1. The number of nitrogens with zero attached hydrogens (tertiary/aromatic N) is 1. The molecule has 0 aliphatic heterocycles. The molecule has 9 heteroatoms. The normalized spacial score (nSPS) is 11.7. The van der Waals surface area contributed by atoms with Crippen molar-refractivity contribution in [2.45, 2.75) is 6.18 Å². The molecule has 0 aliphatic rings. The zero-order chi connectivity index (χ0) is 15.1. The molecule has 2 rings (SSSR count). The van der Waals surface area contributed by atoms with Crippen molar-refractivity contribution in [3.8, 4) is 11.3 Å². The van der Waals surface area contributed by atoms with Crippen LogP contribution in [0.3, 0.4) is 0 Å². The van der Waals surface area contributed by atoms with Crippen LogP contribution in [0.15, 0.2) is 23.0 Å². The van der Waals surface area contributed by atoms with Crippen LogP contribution in [-0.4, -0.2) is 9.97 Å². The Labute approximate surface area is 106 Å². The molecule has 1 aromatic carbocycles. The van der Waals surface area contributed by atoms with Crippen LogP contribution >= 0.6 is 0 Å². The summed E-state index contributed by atoms with van der Waals surface area (Å²) in [7, 11) is 0. The van der Waals surface area contributed by atoms with Crippen molar-refractivity contribution in [3.63, 3.8) is 0 Å². The first-order valence-electron chi connectivity index (χ1n) is 5.02. The number of nitrogens with one attached hydrogen (secondary N) is 1. The molecule has 0 radical (unpaired) electrons. The Morgan fingerprint density at radius 3 is 2.05 bits per heavy atom. The summed E-state index contributed by atoms with van der Waals surface area (Å²) < 4.78 is 76.1. The molecule has 2 aromatic rings. The zero-order valence-electron chi connectivity index (χ0n) is 9.36. The van der Waals surface area contributed by atoms with Gasteiger partial charge in [0.25, 0.3) is 5.56 Å². The maximum absolute atomic E-state index is 13.0. The maximum atomic E-state index is 13.0. The Bertz CT molecular complexity index is 699. The van der Waals surface area contributed by atoms with Crippen LogP contribution in [0, 0.1) is 17.5 Å². The van der Waals surface area contributed by atoms with Crippen LogP contribution in [0.5, 0.6) is 0 Å². The van der Waals surface area contributed by atoms with Gasteiger partial charge < -0.3 is 4.98 Å². The van der Waals surface area contributed by atoms with Gasteiger partial charge in [0.2, 0.25) is 5.82 Å². The van der Waals surface area contributed by atoms with E-state index in [1.807, 2.05) is 0 Å². The predicted octanol–water partition coefficient (Wildman–Crippen LogP) is 2.87. The molecule has 0 aliphatic carbocycles. The van der Waals surface area contributed by atoms with Gasteiger partial charge in [-0.25, -0.2) is 18.2 Å². The fourth-order valence-electron chi connectivity index (χ4n) is 1.44. The minimum atomic E-state index is -4.94. The van der Waals surface area contributed by atoms with E-state index >= 15 is 0 Å². The van der Waals surface area contributed by atoms with E-state index < -0.39 is 46.3 Å². The molecule has 0 bridgehead atoms. The lowest BCUT2D eigenvalue weighted by Gasteiger charge is -2.07. The van der Waals surface area contributed by atoms with Gasteiger partial charge in [0.05, 0.1) is 5.69 Å². The number of alkyl halides is 3. The molecule has 20 heavy (non-hydrogen) atoms. The Kier molecular flexibility index (Phi) is 3.28. The van der Waals surface area contributed by atoms with Crippen molar-refractivity contribution >= 4 is 0 Å². The molecule has 106 valence electrons. The lowest BCUT2D eigenvalue weighted by Crippen LogP contribution is -2.18. The molecule has 0 atom stereocenters. The van der Waals surface area contributed by atoms with Crippen LogP contribution in [0.1, 0.15) is 5.82 Å². The van der Waals surface area contributed by atoms with Gasteiger partial charge in [-0.2, -0.15) is 13.2 Å². The van der Waals surface area contributed by atoms with Crippen molar-refractivity contribution in [1.29, 1.82) is 0 Å². The van der Waals surface area contributed by atoms with Gasteiger partial charge in [0, 0.05) is 11.6 Å². The highest BCUT2D eigenvalue weighted by Gasteiger charge is 2.34. The summed E-state index contributed by atoms with van der Waals surface area (Å²) >= 11 is 0. The standard InChI is InChI=1S/C11H4F6N2O/c12-5-1-4(2-6(13)9(5)14)7-3-8(20)19-10(18-7)11(15,16)17/h1-3H,(H,18,19,20). The summed E-state index contributed by atoms with van der Waals surface area (Å²) in [5.74, 6) is -6.59. The van der Waals surface area contributed by atoms with Gasteiger partial charge in [-0.05, 0) is 12.1 Å².